The molecular formula is C14H18Br2FNO. The standard InChI is InChI=1S/C14H18Br2FNO/c1-3-14(4-2,8-15)9-18-13(19)10-5-6-12(17)11(16)7-10/h5-7H,3-4,8-9H2,1-2H3,(H,18,19). The Balaban J connectivity index is 2.72. The fraction of sp³-hybridized carbons (Fsp3) is 0.500. The van der Waals surface area contributed by atoms with Gasteiger partial charge >= 0.3 is 0 Å². The van der Waals surface area contributed by atoms with E-state index in [-0.39, 0.29) is 17.1 Å². The largest absolute Gasteiger partial charge is 0.351 e. The number of carbonyl (C=O) groups excluding carboxylic acids is 1. The van der Waals surface area contributed by atoms with Gasteiger partial charge in [0.1, 0.15) is 5.82 Å². The van der Waals surface area contributed by atoms with Crippen molar-refractivity contribution in [2.75, 3.05) is 11.9 Å². The van der Waals surface area contributed by atoms with Crippen molar-refractivity contribution in [1.82, 2.24) is 5.32 Å². The van der Waals surface area contributed by atoms with E-state index in [0.29, 0.717) is 16.6 Å². The van der Waals surface area contributed by atoms with Gasteiger partial charge in [-0.05, 0) is 52.4 Å². The van der Waals surface area contributed by atoms with E-state index in [4.69, 9.17) is 0 Å². The molecule has 0 aliphatic carbocycles. The summed E-state index contributed by atoms with van der Waals surface area (Å²) >= 11 is 6.60. The molecule has 1 amide bonds. The molecule has 0 atom stereocenters. The predicted molar refractivity (Wildman–Crippen MR) is 83.2 cm³/mol. The quantitative estimate of drug-likeness (QED) is 0.706. The highest BCUT2D eigenvalue weighted by molar-refractivity contribution is 9.10. The molecule has 0 aromatic heterocycles. The lowest BCUT2D eigenvalue weighted by molar-refractivity contribution is 0.0932. The Bertz CT molecular complexity index is 439. The summed E-state index contributed by atoms with van der Waals surface area (Å²) in [5.41, 5.74) is 0.538. The number of nitrogens with one attached hydrogen (secondary N) is 1. The lowest BCUT2D eigenvalue weighted by Crippen LogP contribution is -2.38. The molecule has 0 unspecified atom stereocenters. The molecule has 2 nitrogen and oxygen atoms in total. The van der Waals surface area contributed by atoms with E-state index in [2.05, 4.69) is 51.0 Å². The molecule has 0 saturated heterocycles. The summed E-state index contributed by atoms with van der Waals surface area (Å²) in [6.07, 6.45) is 1.98. The molecule has 1 N–H and O–H groups in total. The second-order valence-corrected chi connectivity index (χ2v) is 6.07. The van der Waals surface area contributed by atoms with E-state index < -0.39 is 0 Å². The van der Waals surface area contributed by atoms with E-state index in [1.165, 1.54) is 18.2 Å². The zero-order valence-electron chi connectivity index (χ0n) is 11.1. The molecule has 0 fully saturated rings. The number of benzene rings is 1. The molecule has 1 rings (SSSR count). The number of amides is 1. The van der Waals surface area contributed by atoms with Crippen LogP contribution in [0.1, 0.15) is 37.0 Å². The normalized spacial score (nSPS) is 11.4. The smallest absolute Gasteiger partial charge is 0.251 e. The minimum atomic E-state index is -0.367. The zero-order chi connectivity index (χ0) is 14.5. The third-order valence-electron chi connectivity index (χ3n) is 3.59. The van der Waals surface area contributed by atoms with Crippen molar-refractivity contribution in [1.29, 1.82) is 0 Å². The molecule has 0 heterocycles. The van der Waals surface area contributed by atoms with Gasteiger partial charge in [-0.2, -0.15) is 0 Å². The fourth-order valence-electron chi connectivity index (χ4n) is 1.74. The van der Waals surface area contributed by atoms with E-state index in [1.807, 2.05) is 0 Å². The average Bonchev–Trinajstić information content (AvgIpc) is 2.43. The van der Waals surface area contributed by atoms with Gasteiger partial charge in [-0.15, -0.1) is 0 Å². The maximum atomic E-state index is 13.1. The van der Waals surface area contributed by atoms with Crippen molar-refractivity contribution in [2.24, 2.45) is 5.41 Å². The van der Waals surface area contributed by atoms with Crippen LogP contribution >= 0.6 is 31.9 Å². The summed E-state index contributed by atoms with van der Waals surface area (Å²) in [5, 5.41) is 3.77. The molecule has 19 heavy (non-hydrogen) atoms. The van der Waals surface area contributed by atoms with Crippen molar-refractivity contribution in [3.05, 3.63) is 34.1 Å². The average molecular weight is 395 g/mol. The Hall–Kier alpha value is -0.420. The summed E-state index contributed by atoms with van der Waals surface area (Å²) in [6, 6.07) is 4.28. The molecule has 0 aliphatic rings. The van der Waals surface area contributed by atoms with E-state index in [0.717, 1.165) is 18.2 Å². The summed E-state index contributed by atoms with van der Waals surface area (Å²) in [4.78, 5) is 12.0. The van der Waals surface area contributed by atoms with E-state index in [9.17, 15) is 9.18 Å². The van der Waals surface area contributed by atoms with Crippen molar-refractivity contribution >= 4 is 37.8 Å². The van der Waals surface area contributed by atoms with Gasteiger partial charge in [0.25, 0.3) is 5.91 Å². The molecule has 0 aliphatic heterocycles. The Morgan fingerprint density at radius 2 is 2.00 bits per heavy atom. The molecule has 1 aromatic carbocycles. The number of carbonyl (C=O) groups is 1. The van der Waals surface area contributed by atoms with Gasteiger partial charge in [0.15, 0.2) is 0 Å². The van der Waals surface area contributed by atoms with Gasteiger partial charge in [0, 0.05) is 17.4 Å². The summed E-state index contributed by atoms with van der Waals surface area (Å²) in [5.74, 6) is -0.540. The first-order chi connectivity index (χ1) is 8.98. The lowest BCUT2D eigenvalue weighted by Gasteiger charge is -2.29. The van der Waals surface area contributed by atoms with Crippen LogP contribution in [0.4, 0.5) is 4.39 Å². The van der Waals surface area contributed by atoms with Gasteiger partial charge < -0.3 is 5.32 Å². The van der Waals surface area contributed by atoms with Crippen LogP contribution in [0, 0.1) is 11.2 Å². The van der Waals surface area contributed by atoms with Gasteiger partial charge in [-0.3, -0.25) is 4.79 Å². The Morgan fingerprint density at radius 1 is 1.37 bits per heavy atom. The Kier molecular flexibility index (Phi) is 6.47. The summed E-state index contributed by atoms with van der Waals surface area (Å²) in [6.45, 7) is 4.84. The number of halogens is 3. The van der Waals surface area contributed by atoms with Gasteiger partial charge in [0.05, 0.1) is 4.47 Å². The topological polar surface area (TPSA) is 29.1 Å². The van der Waals surface area contributed by atoms with Crippen LogP contribution in [0.5, 0.6) is 0 Å². The van der Waals surface area contributed by atoms with Crippen molar-refractivity contribution in [2.45, 2.75) is 26.7 Å². The predicted octanol–water partition coefficient (Wildman–Crippen LogP) is 4.52. The van der Waals surface area contributed by atoms with Crippen LogP contribution in [0.25, 0.3) is 0 Å². The zero-order valence-corrected chi connectivity index (χ0v) is 14.3. The molecule has 0 saturated carbocycles. The third kappa shape index (κ3) is 4.28. The fourth-order valence-corrected chi connectivity index (χ4v) is 3.11. The highest BCUT2D eigenvalue weighted by Crippen LogP contribution is 2.28. The summed E-state index contributed by atoms with van der Waals surface area (Å²) < 4.78 is 13.4. The van der Waals surface area contributed by atoms with Crippen LogP contribution in [0.15, 0.2) is 22.7 Å². The first kappa shape index (κ1) is 16.6. The molecule has 106 valence electrons. The first-order valence-corrected chi connectivity index (χ1v) is 8.18. The maximum absolute atomic E-state index is 13.1. The van der Waals surface area contributed by atoms with Crippen LogP contribution in [-0.2, 0) is 0 Å². The molecule has 1 aromatic rings. The van der Waals surface area contributed by atoms with Gasteiger partial charge in [-0.1, -0.05) is 29.8 Å². The number of hydrogen-bond donors (Lipinski definition) is 1. The van der Waals surface area contributed by atoms with Crippen LogP contribution in [0.3, 0.4) is 0 Å². The molecule has 5 heteroatoms. The summed E-state index contributed by atoms with van der Waals surface area (Å²) in [7, 11) is 0. The monoisotopic (exact) mass is 393 g/mol. The molecule has 0 radical (unpaired) electrons. The van der Waals surface area contributed by atoms with Gasteiger partial charge in [0.2, 0.25) is 0 Å². The lowest BCUT2D eigenvalue weighted by atomic mass is 9.84. The number of rotatable bonds is 6. The first-order valence-electron chi connectivity index (χ1n) is 6.27. The molecule has 0 bridgehead atoms. The van der Waals surface area contributed by atoms with E-state index >= 15 is 0 Å². The Labute approximate surface area is 130 Å². The molecular weight excluding hydrogens is 377 g/mol. The second kappa shape index (κ2) is 7.39. The minimum absolute atomic E-state index is 0.0763. The van der Waals surface area contributed by atoms with Crippen LogP contribution < -0.4 is 5.32 Å². The van der Waals surface area contributed by atoms with Crippen LogP contribution in [-0.4, -0.2) is 17.8 Å². The van der Waals surface area contributed by atoms with Crippen molar-refractivity contribution in [3.8, 4) is 0 Å². The highest BCUT2D eigenvalue weighted by Gasteiger charge is 2.25. The number of hydrogen-bond acceptors (Lipinski definition) is 1. The highest BCUT2D eigenvalue weighted by atomic mass is 79.9. The van der Waals surface area contributed by atoms with Crippen molar-refractivity contribution in [3.63, 3.8) is 0 Å². The Morgan fingerprint density at radius 3 is 2.47 bits per heavy atom. The van der Waals surface area contributed by atoms with Crippen LogP contribution in [0.2, 0.25) is 0 Å². The number of alkyl halides is 1. The second-order valence-electron chi connectivity index (χ2n) is 4.65. The van der Waals surface area contributed by atoms with Gasteiger partial charge in [-0.25, -0.2) is 4.39 Å². The SMILES string of the molecule is CCC(CC)(CBr)CNC(=O)c1ccc(F)c(Br)c1. The molecule has 0 spiro atoms. The third-order valence-corrected chi connectivity index (χ3v) is 5.39. The maximum Gasteiger partial charge on any atom is 0.251 e. The van der Waals surface area contributed by atoms with Crippen molar-refractivity contribution < 1.29 is 9.18 Å². The van der Waals surface area contributed by atoms with E-state index in [1.54, 1.807) is 0 Å². The minimum Gasteiger partial charge on any atom is -0.351 e.